The summed E-state index contributed by atoms with van der Waals surface area (Å²) in [5.74, 6) is 1.41. The highest BCUT2D eigenvalue weighted by Gasteiger charge is 2.34. The maximum atomic E-state index is 13.4. The zero-order valence-corrected chi connectivity index (χ0v) is 18.1. The van der Waals surface area contributed by atoms with Gasteiger partial charge in [0, 0.05) is 31.0 Å². The van der Waals surface area contributed by atoms with Crippen molar-refractivity contribution in [1.29, 1.82) is 0 Å². The van der Waals surface area contributed by atoms with Crippen molar-refractivity contribution < 1.29 is 9.59 Å². The van der Waals surface area contributed by atoms with Crippen LogP contribution in [-0.4, -0.2) is 49.7 Å². The average Bonchev–Trinajstić information content (AvgIpc) is 3.24. The van der Waals surface area contributed by atoms with Gasteiger partial charge in [-0.3, -0.25) is 14.5 Å². The number of pyridine rings is 1. The highest BCUT2D eigenvalue weighted by Crippen LogP contribution is 2.34. The first-order chi connectivity index (χ1) is 14.9. The third-order valence-electron chi connectivity index (χ3n) is 6.50. The Morgan fingerprint density at radius 2 is 1.97 bits per heavy atom. The molecule has 5 rings (SSSR count). The lowest BCUT2D eigenvalue weighted by atomic mass is 10.00. The van der Waals surface area contributed by atoms with Crippen LogP contribution in [0.15, 0.2) is 24.4 Å². The summed E-state index contributed by atoms with van der Waals surface area (Å²) in [6.07, 6.45) is 5.40. The van der Waals surface area contributed by atoms with E-state index in [1.807, 2.05) is 47.5 Å². The van der Waals surface area contributed by atoms with Crippen molar-refractivity contribution in [2.75, 3.05) is 18.5 Å². The van der Waals surface area contributed by atoms with Gasteiger partial charge in [0.05, 0.1) is 30.3 Å². The number of nitrogens with zero attached hydrogens (tertiary/aromatic N) is 6. The maximum absolute atomic E-state index is 13.4. The van der Waals surface area contributed by atoms with Crippen molar-refractivity contribution in [3.8, 4) is 0 Å². The van der Waals surface area contributed by atoms with Gasteiger partial charge in [-0.2, -0.15) is 0 Å². The second kappa shape index (κ2) is 7.44. The number of amides is 2. The third kappa shape index (κ3) is 3.26. The first-order valence-corrected chi connectivity index (χ1v) is 10.8. The molecule has 2 amide bonds. The summed E-state index contributed by atoms with van der Waals surface area (Å²) in [5, 5.41) is 0. The summed E-state index contributed by atoms with van der Waals surface area (Å²) in [5.41, 5.74) is 4.36. The van der Waals surface area contributed by atoms with E-state index in [-0.39, 0.29) is 24.3 Å². The first kappa shape index (κ1) is 19.7. The van der Waals surface area contributed by atoms with Crippen LogP contribution in [0.1, 0.15) is 53.8 Å². The van der Waals surface area contributed by atoms with Gasteiger partial charge in [-0.05, 0) is 45.2 Å². The average molecular weight is 419 g/mol. The lowest BCUT2D eigenvalue weighted by Crippen LogP contribution is -2.40. The van der Waals surface area contributed by atoms with Gasteiger partial charge in [-0.25, -0.2) is 15.0 Å². The molecule has 0 N–H and O–H groups in total. The minimum atomic E-state index is -0.172. The van der Waals surface area contributed by atoms with E-state index in [9.17, 15) is 9.59 Å². The number of anilines is 1. The predicted octanol–water partition coefficient (Wildman–Crippen LogP) is 2.56. The largest absolute Gasteiger partial charge is 0.332 e. The molecule has 3 aromatic rings. The zero-order valence-electron chi connectivity index (χ0n) is 18.1. The fourth-order valence-electron chi connectivity index (χ4n) is 4.74. The van der Waals surface area contributed by atoms with Gasteiger partial charge < -0.3 is 9.30 Å². The second-order valence-electron chi connectivity index (χ2n) is 8.45. The molecule has 0 spiro atoms. The number of piperidine rings is 1. The van der Waals surface area contributed by atoms with E-state index in [0.717, 1.165) is 47.6 Å². The Morgan fingerprint density at radius 3 is 2.81 bits per heavy atom. The van der Waals surface area contributed by atoms with E-state index in [1.54, 1.807) is 11.9 Å². The van der Waals surface area contributed by atoms with Crippen molar-refractivity contribution in [2.24, 2.45) is 0 Å². The fraction of sp³-hybridized carbons (Fsp3) is 0.435. The first-order valence-electron chi connectivity index (χ1n) is 10.8. The van der Waals surface area contributed by atoms with Gasteiger partial charge in [-0.1, -0.05) is 6.07 Å². The molecular formula is C23H26N6O2. The molecule has 0 saturated carbocycles. The lowest BCUT2D eigenvalue weighted by molar-refractivity contribution is -0.134. The molecule has 31 heavy (non-hydrogen) atoms. The van der Waals surface area contributed by atoms with E-state index in [4.69, 9.17) is 9.97 Å². The highest BCUT2D eigenvalue weighted by molar-refractivity contribution is 6.00. The Bertz CT molecular complexity index is 1200. The molecule has 0 radical (unpaired) electrons. The number of aryl methyl sites for hydroxylation is 2. The van der Waals surface area contributed by atoms with E-state index >= 15 is 0 Å². The number of hydrogen-bond donors (Lipinski definition) is 0. The number of hydrogen-bond acceptors (Lipinski definition) is 5. The summed E-state index contributed by atoms with van der Waals surface area (Å²) < 4.78 is 1.99. The predicted molar refractivity (Wildman–Crippen MR) is 116 cm³/mol. The number of imidazole rings is 1. The molecule has 5 heterocycles. The van der Waals surface area contributed by atoms with Gasteiger partial charge >= 0.3 is 0 Å². The number of likely N-dealkylation sites (tertiary alicyclic amines) is 1. The summed E-state index contributed by atoms with van der Waals surface area (Å²) in [7, 11) is 1.75. The molecule has 2 aliphatic heterocycles. The van der Waals surface area contributed by atoms with Gasteiger partial charge in [0.2, 0.25) is 11.8 Å². The molecule has 0 aromatic carbocycles. The summed E-state index contributed by atoms with van der Waals surface area (Å²) >= 11 is 0. The molecule has 1 fully saturated rings. The fourth-order valence-corrected chi connectivity index (χ4v) is 4.74. The van der Waals surface area contributed by atoms with Crippen LogP contribution in [0.4, 0.5) is 5.82 Å². The van der Waals surface area contributed by atoms with Crippen LogP contribution in [0.5, 0.6) is 0 Å². The summed E-state index contributed by atoms with van der Waals surface area (Å²) in [4.78, 5) is 43.2. The van der Waals surface area contributed by atoms with Crippen LogP contribution in [0.3, 0.4) is 0 Å². The number of carbonyl (C=O) groups excluding carboxylic acids is 2. The number of likely N-dealkylation sites (N-methyl/N-ethyl adjacent to an activating group) is 1. The molecule has 160 valence electrons. The Balaban J connectivity index is 1.46. The SMILES string of the molecule is Cc1nc(C2CCCCN2C(=O)Cc2c(C)nc3ccccn23)nc2c1CC(=O)N2C. The van der Waals surface area contributed by atoms with Crippen LogP contribution in [0, 0.1) is 13.8 Å². The number of rotatable bonds is 3. The van der Waals surface area contributed by atoms with Crippen molar-refractivity contribution in [3.63, 3.8) is 0 Å². The van der Waals surface area contributed by atoms with Crippen molar-refractivity contribution in [2.45, 2.75) is 52.0 Å². The molecular weight excluding hydrogens is 392 g/mol. The highest BCUT2D eigenvalue weighted by atomic mass is 16.2. The normalized spacial score (nSPS) is 18.7. The molecule has 8 nitrogen and oxygen atoms in total. The van der Waals surface area contributed by atoms with Gasteiger partial charge in [0.1, 0.15) is 11.5 Å². The van der Waals surface area contributed by atoms with Crippen LogP contribution in [0.25, 0.3) is 5.65 Å². The quantitative estimate of drug-likeness (QED) is 0.653. The Kier molecular flexibility index (Phi) is 4.72. The lowest BCUT2D eigenvalue weighted by Gasteiger charge is -2.35. The smallest absolute Gasteiger partial charge is 0.232 e. The summed E-state index contributed by atoms with van der Waals surface area (Å²) in [6.45, 7) is 4.56. The molecule has 1 saturated heterocycles. The monoisotopic (exact) mass is 418 g/mol. The van der Waals surface area contributed by atoms with Crippen LogP contribution >= 0.6 is 0 Å². The van der Waals surface area contributed by atoms with Gasteiger partial charge in [-0.15, -0.1) is 0 Å². The van der Waals surface area contributed by atoms with Crippen LogP contribution in [-0.2, 0) is 22.4 Å². The van der Waals surface area contributed by atoms with Gasteiger partial charge in [0.15, 0.2) is 5.82 Å². The van der Waals surface area contributed by atoms with E-state index in [0.29, 0.717) is 24.6 Å². The number of fused-ring (bicyclic) bond motifs is 2. The van der Waals surface area contributed by atoms with Crippen molar-refractivity contribution in [1.82, 2.24) is 24.3 Å². The minimum Gasteiger partial charge on any atom is -0.332 e. The molecule has 0 bridgehead atoms. The molecule has 2 aliphatic rings. The maximum Gasteiger partial charge on any atom is 0.232 e. The standard InChI is InChI=1S/C23H26N6O2/c1-14-16-12-20(30)27(3)23(16)26-22(25-14)17-8-4-6-11-29(17)21(31)13-18-15(2)24-19-9-5-7-10-28(18)19/h5,7,9-10,17H,4,6,8,11-13H2,1-3H3. The van der Waals surface area contributed by atoms with Crippen molar-refractivity contribution >= 4 is 23.3 Å². The van der Waals surface area contributed by atoms with Crippen molar-refractivity contribution in [3.05, 3.63) is 52.9 Å². The Morgan fingerprint density at radius 1 is 1.13 bits per heavy atom. The number of carbonyl (C=O) groups is 2. The Labute approximate surface area is 180 Å². The second-order valence-corrected chi connectivity index (χ2v) is 8.45. The minimum absolute atomic E-state index is 0.0317. The van der Waals surface area contributed by atoms with Crippen LogP contribution in [0.2, 0.25) is 0 Å². The van der Waals surface area contributed by atoms with E-state index in [1.165, 1.54) is 0 Å². The molecule has 0 aliphatic carbocycles. The van der Waals surface area contributed by atoms with E-state index < -0.39 is 0 Å². The third-order valence-corrected chi connectivity index (χ3v) is 6.50. The zero-order chi connectivity index (χ0) is 21.7. The van der Waals surface area contributed by atoms with Gasteiger partial charge in [0.25, 0.3) is 0 Å². The number of aromatic nitrogens is 4. The topological polar surface area (TPSA) is 83.7 Å². The molecule has 8 heteroatoms. The van der Waals surface area contributed by atoms with Crippen LogP contribution < -0.4 is 4.90 Å². The molecule has 1 atom stereocenters. The summed E-state index contributed by atoms with van der Waals surface area (Å²) in [6, 6.07) is 5.67. The molecule has 1 unspecified atom stereocenters. The Hall–Kier alpha value is -3.29. The molecule has 3 aromatic heterocycles. The van der Waals surface area contributed by atoms with E-state index in [2.05, 4.69) is 4.98 Å².